The zero-order valence-corrected chi connectivity index (χ0v) is 17.0. The average molecular weight is 400 g/mol. The van der Waals surface area contributed by atoms with Gasteiger partial charge in [0.1, 0.15) is 12.4 Å². The van der Waals surface area contributed by atoms with E-state index in [-0.39, 0.29) is 13.2 Å². The molecule has 0 aliphatic rings. The topological polar surface area (TPSA) is 65.0 Å². The summed E-state index contributed by atoms with van der Waals surface area (Å²) in [7, 11) is -3.72. The molecule has 0 aromatic heterocycles. The van der Waals surface area contributed by atoms with Crippen LogP contribution in [0, 0.1) is 0 Å². The van der Waals surface area contributed by atoms with Crippen LogP contribution in [0.5, 0.6) is 5.75 Å². The average Bonchev–Trinajstić information content (AvgIpc) is 2.72. The monoisotopic (exact) mass is 400 g/mol. The van der Waals surface area contributed by atoms with Gasteiger partial charge in [0, 0.05) is 5.56 Å². The SMILES string of the molecule is CCOP(=O)(OCC)C(O)c1ccccc1OCc1cccc2ccccc12. The van der Waals surface area contributed by atoms with E-state index < -0.39 is 13.4 Å². The van der Waals surface area contributed by atoms with Crippen molar-refractivity contribution in [3.8, 4) is 5.75 Å². The van der Waals surface area contributed by atoms with Gasteiger partial charge in [0.25, 0.3) is 0 Å². The van der Waals surface area contributed by atoms with Crippen molar-refractivity contribution in [1.29, 1.82) is 0 Å². The molecule has 0 heterocycles. The lowest BCUT2D eigenvalue weighted by atomic mass is 10.1. The molecule has 0 radical (unpaired) electrons. The van der Waals surface area contributed by atoms with Crippen molar-refractivity contribution in [3.05, 3.63) is 77.9 Å². The van der Waals surface area contributed by atoms with Crippen LogP contribution in [-0.4, -0.2) is 18.3 Å². The van der Waals surface area contributed by atoms with Gasteiger partial charge in [-0.3, -0.25) is 4.57 Å². The predicted molar refractivity (Wildman–Crippen MR) is 111 cm³/mol. The van der Waals surface area contributed by atoms with E-state index >= 15 is 0 Å². The highest BCUT2D eigenvalue weighted by atomic mass is 31.2. The second-order valence-electron chi connectivity index (χ2n) is 6.21. The lowest BCUT2D eigenvalue weighted by Crippen LogP contribution is -2.08. The second kappa shape index (κ2) is 9.35. The van der Waals surface area contributed by atoms with Crippen LogP contribution in [0.1, 0.15) is 30.8 Å². The van der Waals surface area contributed by atoms with Gasteiger partial charge in [0.15, 0.2) is 5.85 Å². The molecule has 28 heavy (non-hydrogen) atoms. The van der Waals surface area contributed by atoms with Gasteiger partial charge in [-0.2, -0.15) is 0 Å². The third kappa shape index (κ3) is 4.45. The molecule has 5 nitrogen and oxygen atoms in total. The first-order chi connectivity index (χ1) is 13.6. The van der Waals surface area contributed by atoms with Crippen LogP contribution < -0.4 is 4.74 Å². The number of hydrogen-bond donors (Lipinski definition) is 1. The van der Waals surface area contributed by atoms with E-state index in [0.29, 0.717) is 17.9 Å². The summed E-state index contributed by atoms with van der Waals surface area (Å²) < 4.78 is 29.6. The van der Waals surface area contributed by atoms with E-state index in [1.54, 1.807) is 38.1 Å². The first-order valence-corrected chi connectivity index (χ1v) is 11.0. The lowest BCUT2D eigenvalue weighted by Gasteiger charge is -2.24. The fraction of sp³-hybridized carbons (Fsp3) is 0.273. The molecule has 0 fully saturated rings. The first kappa shape index (κ1) is 20.6. The summed E-state index contributed by atoms with van der Waals surface area (Å²) in [4.78, 5) is 0. The Labute approximate surface area is 165 Å². The summed E-state index contributed by atoms with van der Waals surface area (Å²) in [6, 6.07) is 21.1. The van der Waals surface area contributed by atoms with Crippen LogP contribution in [0.3, 0.4) is 0 Å². The van der Waals surface area contributed by atoms with E-state index in [9.17, 15) is 9.67 Å². The van der Waals surface area contributed by atoms with Crippen molar-refractivity contribution >= 4 is 18.4 Å². The highest BCUT2D eigenvalue weighted by Gasteiger charge is 2.37. The van der Waals surface area contributed by atoms with E-state index in [0.717, 1.165) is 16.3 Å². The van der Waals surface area contributed by atoms with Gasteiger partial charge in [-0.25, -0.2) is 0 Å². The van der Waals surface area contributed by atoms with Crippen LogP contribution in [0.4, 0.5) is 0 Å². The minimum Gasteiger partial charge on any atom is -0.488 e. The quantitative estimate of drug-likeness (QED) is 0.469. The summed E-state index contributed by atoms with van der Waals surface area (Å²) in [5.74, 6) is -0.973. The van der Waals surface area contributed by atoms with Gasteiger partial charge in [-0.05, 0) is 36.2 Å². The second-order valence-corrected chi connectivity index (χ2v) is 8.30. The molecule has 0 bridgehead atoms. The minimum atomic E-state index is -3.72. The zero-order chi connectivity index (χ0) is 20.0. The number of para-hydroxylation sites is 1. The van der Waals surface area contributed by atoms with Gasteiger partial charge < -0.3 is 18.9 Å². The van der Waals surface area contributed by atoms with Gasteiger partial charge in [0.05, 0.1) is 13.2 Å². The van der Waals surface area contributed by atoms with Crippen LogP contribution in [0.25, 0.3) is 10.8 Å². The van der Waals surface area contributed by atoms with Gasteiger partial charge in [-0.15, -0.1) is 0 Å². The molecule has 6 heteroatoms. The van der Waals surface area contributed by atoms with Crippen molar-refractivity contribution in [1.82, 2.24) is 0 Å². The normalized spacial score (nSPS) is 12.8. The molecule has 3 aromatic rings. The first-order valence-electron chi connectivity index (χ1n) is 9.34. The number of ether oxygens (including phenoxy) is 1. The number of aliphatic hydroxyl groups excluding tert-OH is 1. The molecule has 0 amide bonds. The highest BCUT2D eigenvalue weighted by Crippen LogP contribution is 2.60. The van der Waals surface area contributed by atoms with Crippen molar-refractivity contribution in [2.45, 2.75) is 26.3 Å². The minimum absolute atomic E-state index is 0.174. The largest absolute Gasteiger partial charge is 0.488 e. The molecular formula is C22H25O5P. The fourth-order valence-electron chi connectivity index (χ4n) is 3.11. The Morgan fingerprint density at radius 2 is 1.54 bits per heavy atom. The Morgan fingerprint density at radius 1 is 0.893 bits per heavy atom. The Morgan fingerprint density at radius 3 is 2.29 bits per heavy atom. The van der Waals surface area contributed by atoms with Crippen LogP contribution in [0.15, 0.2) is 66.7 Å². The number of fused-ring (bicyclic) bond motifs is 1. The van der Waals surface area contributed by atoms with Crippen LogP contribution >= 0.6 is 7.60 Å². The number of hydrogen-bond acceptors (Lipinski definition) is 5. The number of aliphatic hydroxyl groups is 1. The van der Waals surface area contributed by atoms with E-state index in [4.69, 9.17) is 13.8 Å². The number of benzene rings is 3. The van der Waals surface area contributed by atoms with E-state index in [2.05, 4.69) is 12.1 Å². The van der Waals surface area contributed by atoms with Crippen molar-refractivity contribution in [2.24, 2.45) is 0 Å². The smallest absolute Gasteiger partial charge is 0.363 e. The predicted octanol–water partition coefficient (Wildman–Crippen LogP) is 5.68. The molecule has 0 saturated heterocycles. The van der Waals surface area contributed by atoms with Gasteiger partial charge in [0.2, 0.25) is 0 Å². The maximum Gasteiger partial charge on any atom is 0.363 e. The van der Waals surface area contributed by atoms with Crippen molar-refractivity contribution in [2.75, 3.05) is 13.2 Å². The maximum absolute atomic E-state index is 13.0. The molecule has 3 rings (SSSR count). The summed E-state index contributed by atoms with van der Waals surface area (Å²) in [5.41, 5.74) is 1.41. The van der Waals surface area contributed by atoms with Crippen LogP contribution in [-0.2, 0) is 20.2 Å². The molecule has 0 saturated carbocycles. The molecule has 1 unspecified atom stereocenters. The summed E-state index contributed by atoms with van der Waals surface area (Å²) in [5, 5.41) is 13.0. The molecule has 3 aromatic carbocycles. The lowest BCUT2D eigenvalue weighted by molar-refractivity contribution is 0.147. The van der Waals surface area contributed by atoms with Crippen LogP contribution in [0.2, 0.25) is 0 Å². The van der Waals surface area contributed by atoms with E-state index in [1.807, 2.05) is 30.3 Å². The van der Waals surface area contributed by atoms with Gasteiger partial charge in [-0.1, -0.05) is 60.7 Å². The summed E-state index contributed by atoms with van der Waals surface area (Å²) in [6.07, 6.45) is 0. The maximum atomic E-state index is 13.0. The highest BCUT2D eigenvalue weighted by molar-refractivity contribution is 7.54. The Balaban J connectivity index is 1.87. The molecule has 0 aliphatic heterocycles. The standard InChI is InChI=1S/C22H25O5P/c1-3-26-28(24,27-4-2)22(23)20-14-7-8-15-21(20)25-16-18-12-9-11-17-10-5-6-13-19(17)18/h5-15,22-23H,3-4,16H2,1-2H3. The third-order valence-electron chi connectivity index (χ3n) is 4.38. The molecule has 0 spiro atoms. The zero-order valence-electron chi connectivity index (χ0n) is 16.1. The van der Waals surface area contributed by atoms with Gasteiger partial charge >= 0.3 is 7.60 Å². The van der Waals surface area contributed by atoms with Crippen molar-refractivity contribution in [3.63, 3.8) is 0 Å². The van der Waals surface area contributed by atoms with E-state index in [1.165, 1.54) is 0 Å². The molecule has 1 atom stereocenters. The Hall–Kier alpha value is -2.17. The van der Waals surface area contributed by atoms with Crippen molar-refractivity contribution < 1.29 is 23.5 Å². The molecule has 148 valence electrons. The number of rotatable bonds is 9. The Bertz CT molecular complexity index is 957. The molecule has 1 N–H and O–H groups in total. The Kier molecular flexibility index (Phi) is 6.87. The fourth-order valence-corrected chi connectivity index (χ4v) is 4.74. The molecule has 0 aliphatic carbocycles. The molecular weight excluding hydrogens is 375 g/mol. The summed E-state index contributed by atoms with van der Waals surface area (Å²) >= 11 is 0. The summed E-state index contributed by atoms with van der Waals surface area (Å²) in [6.45, 7) is 4.09. The third-order valence-corrected chi connectivity index (χ3v) is 6.49.